The van der Waals surface area contributed by atoms with Crippen molar-refractivity contribution in [3.8, 4) is 11.5 Å². The van der Waals surface area contributed by atoms with Gasteiger partial charge in [-0.1, -0.05) is 18.2 Å². The largest absolute Gasteiger partial charge is 0.493 e. The molecule has 1 aliphatic carbocycles. The van der Waals surface area contributed by atoms with Gasteiger partial charge in [-0.05, 0) is 69.9 Å². The molecular formula is C28H35F3N2O5. The Bertz CT molecular complexity index is 1120. The summed E-state index contributed by atoms with van der Waals surface area (Å²) in [7, 11) is 0. The van der Waals surface area contributed by atoms with Crippen LogP contribution in [0.5, 0.6) is 11.5 Å². The highest BCUT2D eigenvalue weighted by molar-refractivity contribution is 5.88. The second-order valence-electron chi connectivity index (χ2n) is 9.60. The second-order valence-corrected chi connectivity index (χ2v) is 9.60. The zero-order chi connectivity index (χ0) is 28.1. The molecule has 2 amide bonds. The summed E-state index contributed by atoms with van der Waals surface area (Å²) in [4.78, 5) is 26.7. The molecule has 38 heavy (non-hydrogen) atoms. The maximum atomic E-state index is 14.1. The van der Waals surface area contributed by atoms with Gasteiger partial charge in [0.25, 0.3) is 5.92 Å². The summed E-state index contributed by atoms with van der Waals surface area (Å²) in [6.45, 7) is 8.24. The predicted molar refractivity (Wildman–Crippen MR) is 136 cm³/mol. The van der Waals surface area contributed by atoms with Crippen LogP contribution in [0.1, 0.15) is 62.8 Å². The van der Waals surface area contributed by atoms with Crippen LogP contribution in [0.3, 0.4) is 0 Å². The first-order chi connectivity index (χ1) is 17.9. The number of amides is 2. The van der Waals surface area contributed by atoms with E-state index >= 15 is 0 Å². The molecule has 3 rings (SSSR count). The first-order valence-corrected chi connectivity index (χ1v) is 12.8. The Balaban J connectivity index is 1.91. The van der Waals surface area contributed by atoms with Crippen molar-refractivity contribution in [1.82, 2.24) is 10.2 Å². The lowest BCUT2D eigenvalue weighted by atomic mass is 9.73. The van der Waals surface area contributed by atoms with Gasteiger partial charge in [0, 0.05) is 24.9 Å². The topological polar surface area (TPSA) is 88.1 Å². The number of carbonyl (C=O) groups excluding carboxylic acids is 1. The Morgan fingerprint density at radius 1 is 1.11 bits per heavy atom. The predicted octanol–water partition coefficient (Wildman–Crippen LogP) is 5.89. The molecule has 0 heterocycles. The average Bonchev–Trinajstić information content (AvgIpc) is 2.83. The van der Waals surface area contributed by atoms with E-state index in [2.05, 4.69) is 5.32 Å². The van der Waals surface area contributed by atoms with Crippen LogP contribution >= 0.6 is 0 Å². The minimum absolute atomic E-state index is 0.120. The maximum absolute atomic E-state index is 14.1. The summed E-state index contributed by atoms with van der Waals surface area (Å²) in [6, 6.07) is 8.48. The van der Waals surface area contributed by atoms with Gasteiger partial charge in [-0.2, -0.15) is 0 Å². The van der Waals surface area contributed by atoms with Crippen molar-refractivity contribution < 1.29 is 37.3 Å². The molecule has 0 saturated heterocycles. The number of halogens is 3. The van der Waals surface area contributed by atoms with Gasteiger partial charge in [0.05, 0.1) is 19.3 Å². The van der Waals surface area contributed by atoms with Crippen LogP contribution in [-0.2, 0) is 11.2 Å². The van der Waals surface area contributed by atoms with Crippen molar-refractivity contribution in [3.63, 3.8) is 0 Å². The van der Waals surface area contributed by atoms with Crippen molar-refractivity contribution >= 4 is 12.0 Å². The highest BCUT2D eigenvalue weighted by Crippen LogP contribution is 2.46. The number of carbonyl (C=O) groups is 2. The number of aliphatic carboxylic acids is 1. The molecule has 2 N–H and O–H groups in total. The van der Waals surface area contributed by atoms with Gasteiger partial charge in [0.1, 0.15) is 17.3 Å². The van der Waals surface area contributed by atoms with Crippen molar-refractivity contribution in [1.29, 1.82) is 0 Å². The van der Waals surface area contributed by atoms with Gasteiger partial charge in [-0.15, -0.1) is 0 Å². The van der Waals surface area contributed by atoms with Crippen molar-refractivity contribution in [2.75, 3.05) is 19.8 Å². The fraction of sp³-hybridized carbons (Fsp3) is 0.500. The molecule has 10 heteroatoms. The fourth-order valence-corrected chi connectivity index (χ4v) is 4.73. The van der Waals surface area contributed by atoms with E-state index in [9.17, 15) is 27.9 Å². The highest BCUT2D eigenvalue weighted by Gasteiger charge is 2.62. The standard InChI is InChI=1S/C28H35F3N2O5/c1-5-37-23-14-21(15-24(18(23)3)38-6-2)19(4)33(13-9-11-20-10-7-8-12-22(20)29)26(36)32-27(25(34)35)16-28(30,31)17-27/h7-8,10,12,14-15,19H,5-6,9,11,13,16-17H2,1-4H3,(H,32,36)(H,34,35)/t19-/m1/s1. The summed E-state index contributed by atoms with van der Waals surface area (Å²) in [5, 5.41) is 12.0. The molecule has 2 aromatic carbocycles. The summed E-state index contributed by atoms with van der Waals surface area (Å²) < 4.78 is 53.0. The summed E-state index contributed by atoms with van der Waals surface area (Å²) in [5.41, 5.74) is -0.119. The molecule has 0 spiro atoms. The number of carboxylic acid groups (broad SMARTS) is 1. The van der Waals surface area contributed by atoms with Crippen LogP contribution in [0.15, 0.2) is 36.4 Å². The number of alkyl halides is 2. The number of ether oxygens (including phenoxy) is 2. The first-order valence-electron chi connectivity index (χ1n) is 12.8. The number of rotatable bonds is 12. The van der Waals surface area contributed by atoms with Crippen LogP contribution in [0.25, 0.3) is 0 Å². The molecule has 1 aliphatic rings. The summed E-state index contributed by atoms with van der Waals surface area (Å²) >= 11 is 0. The number of urea groups is 1. The number of nitrogens with zero attached hydrogens (tertiary/aromatic N) is 1. The minimum Gasteiger partial charge on any atom is -0.493 e. The molecule has 1 fully saturated rings. The van der Waals surface area contributed by atoms with Crippen LogP contribution < -0.4 is 14.8 Å². The molecule has 0 aliphatic heterocycles. The van der Waals surface area contributed by atoms with Gasteiger partial charge in [0.15, 0.2) is 5.54 Å². The SMILES string of the molecule is CCOc1cc([C@@H](C)N(CCCc2ccccc2F)C(=O)NC2(C(=O)O)CC(F)(F)C2)cc(OCC)c1C. The monoisotopic (exact) mass is 536 g/mol. The van der Waals surface area contributed by atoms with E-state index in [4.69, 9.17) is 9.47 Å². The Hall–Kier alpha value is -3.43. The van der Waals surface area contributed by atoms with E-state index in [0.29, 0.717) is 48.7 Å². The summed E-state index contributed by atoms with van der Waals surface area (Å²) in [6.07, 6.45) is -1.27. The van der Waals surface area contributed by atoms with Crippen LogP contribution in [0.2, 0.25) is 0 Å². The normalized spacial score (nSPS) is 16.2. The van der Waals surface area contributed by atoms with E-state index in [1.165, 1.54) is 11.0 Å². The lowest BCUT2D eigenvalue weighted by Gasteiger charge is -2.45. The lowest BCUT2D eigenvalue weighted by Crippen LogP contribution is -2.68. The van der Waals surface area contributed by atoms with Gasteiger partial charge in [0.2, 0.25) is 0 Å². The van der Waals surface area contributed by atoms with Crippen LogP contribution in [0, 0.1) is 12.7 Å². The molecule has 0 bridgehead atoms. The molecule has 0 unspecified atom stereocenters. The Morgan fingerprint density at radius 2 is 1.68 bits per heavy atom. The number of nitrogens with one attached hydrogen (secondary N) is 1. The van der Waals surface area contributed by atoms with Crippen LogP contribution in [0.4, 0.5) is 18.0 Å². The van der Waals surface area contributed by atoms with Gasteiger partial charge < -0.3 is 24.8 Å². The van der Waals surface area contributed by atoms with E-state index in [0.717, 1.165) is 5.56 Å². The van der Waals surface area contributed by atoms with Gasteiger partial charge in [-0.25, -0.2) is 22.8 Å². The lowest BCUT2D eigenvalue weighted by molar-refractivity contribution is -0.175. The summed E-state index contributed by atoms with van der Waals surface area (Å²) in [5.74, 6) is -3.88. The molecule has 7 nitrogen and oxygen atoms in total. The first kappa shape index (κ1) is 29.1. The molecule has 2 aromatic rings. The number of hydrogen-bond acceptors (Lipinski definition) is 4. The van der Waals surface area contributed by atoms with Gasteiger partial charge >= 0.3 is 12.0 Å². The molecule has 0 radical (unpaired) electrons. The van der Waals surface area contributed by atoms with Gasteiger partial charge in [-0.3, -0.25) is 0 Å². The van der Waals surface area contributed by atoms with Crippen molar-refractivity contribution in [2.24, 2.45) is 0 Å². The quantitative estimate of drug-likeness (QED) is 0.353. The van der Waals surface area contributed by atoms with E-state index < -0.39 is 42.3 Å². The molecule has 1 saturated carbocycles. The third-order valence-corrected chi connectivity index (χ3v) is 6.82. The smallest absolute Gasteiger partial charge is 0.329 e. The van der Waals surface area contributed by atoms with Crippen LogP contribution in [-0.4, -0.2) is 53.2 Å². The number of hydrogen-bond donors (Lipinski definition) is 2. The Kier molecular flexibility index (Phi) is 9.17. The average molecular weight is 537 g/mol. The fourth-order valence-electron chi connectivity index (χ4n) is 4.73. The molecule has 0 aromatic heterocycles. The van der Waals surface area contributed by atoms with Crippen molar-refractivity contribution in [3.05, 3.63) is 58.9 Å². The Labute approximate surface area is 220 Å². The Morgan fingerprint density at radius 3 is 2.18 bits per heavy atom. The molecule has 208 valence electrons. The number of benzene rings is 2. The molecular weight excluding hydrogens is 501 g/mol. The minimum atomic E-state index is -3.16. The maximum Gasteiger partial charge on any atom is 0.329 e. The third kappa shape index (κ3) is 6.52. The van der Waals surface area contributed by atoms with E-state index in [1.54, 1.807) is 37.3 Å². The highest BCUT2D eigenvalue weighted by atomic mass is 19.3. The third-order valence-electron chi connectivity index (χ3n) is 6.82. The molecule has 1 atom stereocenters. The zero-order valence-electron chi connectivity index (χ0n) is 22.2. The van der Waals surface area contributed by atoms with Crippen molar-refractivity contribution in [2.45, 2.75) is 70.9 Å². The number of carboxylic acids is 1. The number of aryl methyl sites for hydroxylation is 1. The zero-order valence-corrected chi connectivity index (χ0v) is 22.2. The van der Waals surface area contributed by atoms with E-state index in [1.807, 2.05) is 20.8 Å². The van der Waals surface area contributed by atoms with E-state index in [-0.39, 0.29) is 12.4 Å². The second kappa shape index (κ2) is 12.0.